The molecule has 1 aromatic heterocycles. The second kappa shape index (κ2) is 16.4. The van der Waals surface area contributed by atoms with E-state index in [9.17, 15) is 27.6 Å². The van der Waals surface area contributed by atoms with Gasteiger partial charge in [-0.25, -0.2) is 4.39 Å². The van der Waals surface area contributed by atoms with Crippen LogP contribution in [0.15, 0.2) is 41.3 Å². The molecule has 2 heterocycles. The molecule has 3 aromatic rings. The number of nitrogens with zero attached hydrogens (tertiary/aromatic N) is 2. The summed E-state index contributed by atoms with van der Waals surface area (Å²) >= 11 is 0. The van der Waals surface area contributed by atoms with Crippen molar-refractivity contribution in [3.05, 3.63) is 86.1 Å². The summed E-state index contributed by atoms with van der Waals surface area (Å²) in [5.74, 6) is -2.08. The predicted octanol–water partition coefficient (Wildman–Crippen LogP) is 8.14. The van der Waals surface area contributed by atoms with Crippen molar-refractivity contribution in [2.45, 2.75) is 91.8 Å². The summed E-state index contributed by atoms with van der Waals surface area (Å²) in [5, 5.41) is 0. The fourth-order valence-corrected chi connectivity index (χ4v) is 6.86. The number of methoxy groups -OCH3 is 1. The number of alkyl halides is 3. The summed E-state index contributed by atoms with van der Waals surface area (Å²) in [6.07, 6.45) is -3.02. The standard InChI is InChI=1S/C39H48F4N2O5/c1-8-50-36(48)20-28(31-18-29(15-26(6)38(31)40)37-24(4)16-30(49-7)17-25(37)5)19-34(46)33(14-23(2)3)45-22-27(10-13-44-11-9-12-44)32(21-35(45)47)39(41,42)43/h15-18,21-23,28,33H,8-14,19-20H2,1-7H3/t28-,33?/m0/s1. The Kier molecular flexibility index (Phi) is 12.7. The van der Waals surface area contributed by atoms with Crippen molar-refractivity contribution in [1.82, 2.24) is 9.47 Å². The third-order valence-corrected chi connectivity index (χ3v) is 9.44. The van der Waals surface area contributed by atoms with Gasteiger partial charge in [-0.05, 0) is 129 Å². The van der Waals surface area contributed by atoms with Crippen LogP contribution in [0.1, 0.15) is 91.8 Å². The van der Waals surface area contributed by atoms with Crippen LogP contribution < -0.4 is 10.3 Å². The molecule has 4 rings (SSSR count). The Hall–Kier alpha value is -3.99. The Balaban J connectivity index is 1.80. The first kappa shape index (κ1) is 38.8. The molecule has 2 atom stereocenters. The van der Waals surface area contributed by atoms with Gasteiger partial charge < -0.3 is 18.9 Å². The lowest BCUT2D eigenvalue weighted by atomic mass is 9.83. The van der Waals surface area contributed by atoms with Crippen molar-refractivity contribution in [1.29, 1.82) is 0 Å². The van der Waals surface area contributed by atoms with Crippen molar-refractivity contribution in [3.63, 3.8) is 0 Å². The number of likely N-dealkylation sites (tertiary alicyclic amines) is 1. The number of aromatic nitrogens is 1. The number of carbonyl (C=O) groups excluding carboxylic acids is 2. The predicted molar refractivity (Wildman–Crippen MR) is 185 cm³/mol. The van der Waals surface area contributed by atoms with Gasteiger partial charge in [-0.3, -0.25) is 14.4 Å². The molecule has 272 valence electrons. The van der Waals surface area contributed by atoms with Gasteiger partial charge in [0.2, 0.25) is 0 Å². The van der Waals surface area contributed by atoms with Gasteiger partial charge in [-0.2, -0.15) is 13.2 Å². The van der Waals surface area contributed by atoms with E-state index in [-0.39, 0.29) is 49.3 Å². The summed E-state index contributed by atoms with van der Waals surface area (Å²) in [7, 11) is 1.57. The van der Waals surface area contributed by atoms with Gasteiger partial charge in [0.15, 0.2) is 5.78 Å². The van der Waals surface area contributed by atoms with E-state index in [1.807, 2.05) is 44.7 Å². The molecule has 1 fully saturated rings. The number of carbonyl (C=O) groups is 2. The van der Waals surface area contributed by atoms with E-state index in [4.69, 9.17) is 9.47 Å². The van der Waals surface area contributed by atoms with E-state index in [0.717, 1.165) is 40.8 Å². The van der Waals surface area contributed by atoms with Gasteiger partial charge in [0, 0.05) is 31.1 Å². The third kappa shape index (κ3) is 9.21. The number of ether oxygens (including phenoxy) is 2. The Bertz CT molecular complexity index is 1740. The van der Waals surface area contributed by atoms with E-state index in [2.05, 4.69) is 0 Å². The minimum Gasteiger partial charge on any atom is -0.497 e. The molecule has 2 aromatic carbocycles. The van der Waals surface area contributed by atoms with Crippen LogP contribution >= 0.6 is 0 Å². The summed E-state index contributed by atoms with van der Waals surface area (Å²) in [6, 6.07) is 6.56. The summed E-state index contributed by atoms with van der Waals surface area (Å²) in [6.45, 7) is 12.9. The van der Waals surface area contributed by atoms with E-state index in [1.54, 1.807) is 33.1 Å². The number of esters is 1. The van der Waals surface area contributed by atoms with E-state index in [0.29, 0.717) is 29.5 Å². The third-order valence-electron chi connectivity index (χ3n) is 9.44. The Morgan fingerprint density at radius 3 is 2.16 bits per heavy atom. The number of hydrogen-bond donors (Lipinski definition) is 0. The Morgan fingerprint density at radius 2 is 1.62 bits per heavy atom. The molecular weight excluding hydrogens is 652 g/mol. The molecule has 1 unspecified atom stereocenters. The fourth-order valence-electron chi connectivity index (χ4n) is 6.86. The Labute approximate surface area is 291 Å². The van der Waals surface area contributed by atoms with E-state index in [1.165, 1.54) is 6.20 Å². The topological polar surface area (TPSA) is 77.8 Å². The van der Waals surface area contributed by atoms with Crippen molar-refractivity contribution >= 4 is 11.8 Å². The molecule has 1 aliphatic heterocycles. The normalized spacial score (nSPS) is 14.7. The monoisotopic (exact) mass is 700 g/mol. The average Bonchev–Trinajstić information content (AvgIpc) is 3.00. The first-order valence-electron chi connectivity index (χ1n) is 17.2. The van der Waals surface area contributed by atoms with Crippen LogP contribution in [0.3, 0.4) is 0 Å². The lowest BCUT2D eigenvalue weighted by Crippen LogP contribution is -2.39. The molecule has 0 N–H and O–H groups in total. The number of halogens is 4. The van der Waals surface area contributed by atoms with Crippen molar-refractivity contribution in [2.24, 2.45) is 5.92 Å². The minimum absolute atomic E-state index is 0.0602. The zero-order valence-electron chi connectivity index (χ0n) is 30.0. The maximum Gasteiger partial charge on any atom is 0.416 e. The summed E-state index contributed by atoms with van der Waals surface area (Å²) in [4.78, 5) is 42.6. The zero-order valence-corrected chi connectivity index (χ0v) is 30.0. The van der Waals surface area contributed by atoms with Gasteiger partial charge in [-0.1, -0.05) is 13.8 Å². The quantitative estimate of drug-likeness (QED) is 0.118. The average molecular weight is 701 g/mol. The minimum atomic E-state index is -4.74. The highest BCUT2D eigenvalue weighted by Gasteiger charge is 2.36. The van der Waals surface area contributed by atoms with Crippen LogP contribution in [-0.4, -0.2) is 54.6 Å². The van der Waals surface area contributed by atoms with Crippen molar-refractivity contribution in [2.75, 3.05) is 33.4 Å². The SMILES string of the molecule is CCOC(=O)C[C@H](CC(=O)C(CC(C)C)n1cc(CCN2CCC2)c(C(F)(F)F)cc1=O)c1cc(-c2c(C)cc(OC)cc2C)cc(C)c1F. The van der Waals surface area contributed by atoms with E-state index >= 15 is 4.39 Å². The fraction of sp³-hybridized carbons (Fsp3) is 0.513. The molecule has 1 aliphatic rings. The highest BCUT2D eigenvalue weighted by molar-refractivity contribution is 5.84. The smallest absolute Gasteiger partial charge is 0.416 e. The van der Waals surface area contributed by atoms with Crippen LogP contribution in [0.5, 0.6) is 5.75 Å². The highest BCUT2D eigenvalue weighted by atomic mass is 19.4. The maximum atomic E-state index is 16.1. The lowest BCUT2D eigenvalue weighted by Gasteiger charge is -2.31. The van der Waals surface area contributed by atoms with Crippen LogP contribution in [-0.2, 0) is 26.9 Å². The van der Waals surface area contributed by atoms with Crippen LogP contribution in [0.25, 0.3) is 11.1 Å². The molecule has 0 saturated carbocycles. The Morgan fingerprint density at radius 1 is 0.960 bits per heavy atom. The van der Waals surface area contributed by atoms with Gasteiger partial charge in [0.1, 0.15) is 11.6 Å². The maximum absolute atomic E-state index is 16.1. The molecule has 50 heavy (non-hydrogen) atoms. The highest BCUT2D eigenvalue weighted by Crippen LogP contribution is 2.38. The number of Topliss-reactive ketones (excluding diaryl/α,β-unsaturated/α-hetero) is 1. The van der Waals surface area contributed by atoms with Crippen LogP contribution in [0, 0.1) is 32.5 Å². The molecule has 1 saturated heterocycles. The van der Waals surface area contributed by atoms with Gasteiger partial charge >= 0.3 is 12.1 Å². The molecule has 0 amide bonds. The number of rotatable bonds is 15. The van der Waals surface area contributed by atoms with E-state index < -0.39 is 46.8 Å². The largest absolute Gasteiger partial charge is 0.497 e. The molecular formula is C39H48F4N2O5. The van der Waals surface area contributed by atoms with Gasteiger partial charge in [0.05, 0.1) is 31.7 Å². The van der Waals surface area contributed by atoms with Crippen LogP contribution in [0.2, 0.25) is 0 Å². The van der Waals surface area contributed by atoms with Gasteiger partial charge in [0.25, 0.3) is 5.56 Å². The number of ketones is 1. The van der Waals surface area contributed by atoms with Crippen molar-refractivity contribution < 1.29 is 36.6 Å². The number of aryl methyl sites for hydroxylation is 3. The first-order chi connectivity index (χ1) is 23.5. The zero-order chi connectivity index (χ0) is 36.9. The molecule has 11 heteroatoms. The second-order valence-electron chi connectivity index (χ2n) is 13.8. The lowest BCUT2D eigenvalue weighted by molar-refractivity contribution is -0.143. The molecule has 0 radical (unpaired) electrons. The molecule has 0 aliphatic carbocycles. The van der Waals surface area contributed by atoms with Gasteiger partial charge in [-0.15, -0.1) is 0 Å². The number of pyridine rings is 1. The second-order valence-corrected chi connectivity index (χ2v) is 13.8. The summed E-state index contributed by atoms with van der Waals surface area (Å²) < 4.78 is 70.1. The molecule has 7 nitrogen and oxygen atoms in total. The van der Waals surface area contributed by atoms with Crippen molar-refractivity contribution in [3.8, 4) is 16.9 Å². The van der Waals surface area contributed by atoms with Crippen LogP contribution in [0.4, 0.5) is 17.6 Å². The number of benzene rings is 2. The summed E-state index contributed by atoms with van der Waals surface area (Å²) in [5.41, 5.74) is 1.79. The molecule has 0 spiro atoms. The first-order valence-corrected chi connectivity index (χ1v) is 17.2. The molecule has 0 bridgehead atoms. The number of hydrogen-bond acceptors (Lipinski definition) is 6.